The van der Waals surface area contributed by atoms with E-state index in [1.165, 1.54) is 6.42 Å². The molecule has 1 aliphatic heterocycles. The SMILES string of the molecule is CC(C)O[Si](C)(C)C1CCO1. The lowest BCUT2D eigenvalue weighted by Gasteiger charge is -2.39. The van der Waals surface area contributed by atoms with Crippen molar-refractivity contribution in [1.29, 1.82) is 0 Å². The molecule has 0 bridgehead atoms. The fourth-order valence-corrected chi connectivity index (χ4v) is 4.17. The van der Waals surface area contributed by atoms with Gasteiger partial charge in [0.2, 0.25) is 8.32 Å². The normalized spacial score (nSPS) is 25.4. The van der Waals surface area contributed by atoms with Crippen LogP contribution in [0.15, 0.2) is 0 Å². The van der Waals surface area contributed by atoms with E-state index >= 15 is 0 Å². The van der Waals surface area contributed by atoms with Crippen molar-refractivity contribution in [3.05, 3.63) is 0 Å². The van der Waals surface area contributed by atoms with Crippen molar-refractivity contribution in [1.82, 2.24) is 0 Å². The maximum atomic E-state index is 5.86. The quantitative estimate of drug-likeness (QED) is 0.609. The van der Waals surface area contributed by atoms with E-state index in [4.69, 9.17) is 9.16 Å². The van der Waals surface area contributed by atoms with Crippen molar-refractivity contribution in [3.63, 3.8) is 0 Å². The van der Waals surface area contributed by atoms with Gasteiger partial charge >= 0.3 is 0 Å². The van der Waals surface area contributed by atoms with E-state index in [2.05, 4.69) is 26.9 Å². The van der Waals surface area contributed by atoms with Gasteiger partial charge in [-0.2, -0.15) is 0 Å². The van der Waals surface area contributed by atoms with E-state index in [0.29, 0.717) is 11.8 Å². The second kappa shape index (κ2) is 3.25. The van der Waals surface area contributed by atoms with Gasteiger partial charge in [0.05, 0.1) is 5.73 Å². The van der Waals surface area contributed by atoms with Crippen LogP contribution in [0.4, 0.5) is 0 Å². The van der Waals surface area contributed by atoms with Crippen LogP contribution in [-0.4, -0.2) is 26.8 Å². The van der Waals surface area contributed by atoms with Crippen LogP contribution in [0, 0.1) is 0 Å². The average Bonchev–Trinajstić information content (AvgIpc) is 1.50. The summed E-state index contributed by atoms with van der Waals surface area (Å²) >= 11 is 0. The Kier molecular flexibility index (Phi) is 2.73. The monoisotopic (exact) mass is 174 g/mol. The van der Waals surface area contributed by atoms with Gasteiger partial charge in [-0.3, -0.25) is 0 Å². The first kappa shape index (κ1) is 9.23. The highest BCUT2D eigenvalue weighted by molar-refractivity contribution is 6.72. The van der Waals surface area contributed by atoms with Crippen LogP contribution in [0.5, 0.6) is 0 Å². The van der Waals surface area contributed by atoms with Crippen molar-refractivity contribution in [3.8, 4) is 0 Å². The molecule has 1 atom stereocenters. The van der Waals surface area contributed by atoms with Crippen LogP contribution in [0.2, 0.25) is 13.1 Å². The van der Waals surface area contributed by atoms with Crippen LogP contribution in [0.25, 0.3) is 0 Å². The Hall–Kier alpha value is 0.137. The smallest absolute Gasteiger partial charge is 0.215 e. The Morgan fingerprint density at radius 1 is 1.45 bits per heavy atom. The number of ether oxygens (including phenoxy) is 1. The molecule has 0 spiro atoms. The van der Waals surface area contributed by atoms with E-state index in [0.717, 1.165) is 6.61 Å². The molecule has 1 aliphatic rings. The fraction of sp³-hybridized carbons (Fsp3) is 1.00. The summed E-state index contributed by atoms with van der Waals surface area (Å²) in [5.41, 5.74) is 0.449. The summed E-state index contributed by atoms with van der Waals surface area (Å²) in [5, 5.41) is 0. The molecule has 1 heterocycles. The first-order valence-electron chi connectivity index (χ1n) is 4.32. The number of hydrogen-bond acceptors (Lipinski definition) is 2. The predicted octanol–water partition coefficient (Wildman–Crippen LogP) is 1.94. The van der Waals surface area contributed by atoms with Crippen LogP contribution in [-0.2, 0) is 9.16 Å². The third kappa shape index (κ3) is 2.29. The van der Waals surface area contributed by atoms with Gasteiger partial charge in [-0.25, -0.2) is 0 Å². The Balaban J connectivity index is 2.37. The lowest BCUT2D eigenvalue weighted by Crippen LogP contribution is -2.53. The van der Waals surface area contributed by atoms with Crippen molar-refractivity contribution in [2.45, 2.75) is 45.2 Å². The topological polar surface area (TPSA) is 18.5 Å². The maximum absolute atomic E-state index is 5.86. The van der Waals surface area contributed by atoms with E-state index < -0.39 is 8.32 Å². The van der Waals surface area contributed by atoms with Crippen LogP contribution in [0.1, 0.15) is 20.3 Å². The molecule has 0 aromatic carbocycles. The van der Waals surface area contributed by atoms with E-state index in [9.17, 15) is 0 Å². The molecule has 0 N–H and O–H groups in total. The molecule has 11 heavy (non-hydrogen) atoms. The van der Waals surface area contributed by atoms with E-state index in [1.54, 1.807) is 0 Å². The highest BCUT2D eigenvalue weighted by Gasteiger charge is 2.39. The van der Waals surface area contributed by atoms with Crippen LogP contribution < -0.4 is 0 Å². The summed E-state index contributed by atoms with van der Waals surface area (Å²) in [6.07, 6.45) is 1.55. The largest absolute Gasteiger partial charge is 0.412 e. The summed E-state index contributed by atoms with van der Waals surface area (Å²) < 4.78 is 11.3. The minimum atomic E-state index is -1.51. The van der Waals surface area contributed by atoms with Crippen LogP contribution >= 0.6 is 0 Å². The third-order valence-corrected chi connectivity index (χ3v) is 5.10. The Labute approximate surface area is 70.0 Å². The van der Waals surface area contributed by atoms with Gasteiger partial charge in [-0.05, 0) is 33.4 Å². The first-order valence-corrected chi connectivity index (χ1v) is 7.30. The number of hydrogen-bond donors (Lipinski definition) is 0. The van der Waals surface area contributed by atoms with Gasteiger partial charge in [0.15, 0.2) is 0 Å². The van der Waals surface area contributed by atoms with Gasteiger partial charge in [0, 0.05) is 12.7 Å². The molecular formula is C8H18O2Si. The molecule has 66 valence electrons. The van der Waals surface area contributed by atoms with Gasteiger partial charge in [0.25, 0.3) is 0 Å². The molecule has 1 saturated heterocycles. The molecule has 0 amide bonds. The molecular weight excluding hydrogens is 156 g/mol. The van der Waals surface area contributed by atoms with Crippen molar-refractivity contribution in [2.75, 3.05) is 6.61 Å². The summed E-state index contributed by atoms with van der Waals surface area (Å²) in [6.45, 7) is 9.58. The minimum Gasteiger partial charge on any atom is -0.412 e. The molecule has 0 aliphatic carbocycles. The predicted molar refractivity (Wildman–Crippen MR) is 48.1 cm³/mol. The Bertz CT molecular complexity index is 130. The van der Waals surface area contributed by atoms with E-state index in [1.807, 2.05) is 0 Å². The van der Waals surface area contributed by atoms with Gasteiger partial charge in [0.1, 0.15) is 0 Å². The van der Waals surface area contributed by atoms with Gasteiger partial charge in [-0.1, -0.05) is 0 Å². The Morgan fingerprint density at radius 2 is 2.00 bits per heavy atom. The van der Waals surface area contributed by atoms with Crippen molar-refractivity contribution in [2.24, 2.45) is 0 Å². The maximum Gasteiger partial charge on any atom is 0.215 e. The zero-order valence-electron chi connectivity index (χ0n) is 7.89. The van der Waals surface area contributed by atoms with Crippen molar-refractivity contribution < 1.29 is 9.16 Å². The molecule has 2 nitrogen and oxygen atoms in total. The molecule has 1 unspecified atom stereocenters. The van der Waals surface area contributed by atoms with Crippen molar-refractivity contribution >= 4 is 8.32 Å². The minimum absolute atomic E-state index is 0.348. The third-order valence-electron chi connectivity index (χ3n) is 2.01. The zero-order chi connectivity index (χ0) is 8.48. The van der Waals surface area contributed by atoms with Gasteiger partial charge < -0.3 is 9.16 Å². The fourth-order valence-electron chi connectivity index (χ4n) is 1.47. The second-order valence-corrected chi connectivity index (χ2v) is 8.00. The molecule has 3 heteroatoms. The van der Waals surface area contributed by atoms with E-state index in [-0.39, 0.29) is 0 Å². The molecule has 0 saturated carbocycles. The lowest BCUT2D eigenvalue weighted by molar-refractivity contribution is -0.0190. The molecule has 1 fully saturated rings. The highest BCUT2D eigenvalue weighted by atomic mass is 28.4. The zero-order valence-corrected chi connectivity index (χ0v) is 8.89. The first-order chi connectivity index (χ1) is 5.02. The standard InChI is InChI=1S/C8H18O2Si/c1-7(2)10-11(3,4)8-5-6-9-8/h7-8H,5-6H2,1-4H3. The molecule has 0 aromatic rings. The molecule has 1 rings (SSSR count). The van der Waals surface area contributed by atoms with Gasteiger partial charge in [-0.15, -0.1) is 0 Å². The lowest BCUT2D eigenvalue weighted by atomic mass is 10.4. The summed E-state index contributed by atoms with van der Waals surface area (Å²) in [7, 11) is -1.51. The summed E-state index contributed by atoms with van der Waals surface area (Å²) in [5.74, 6) is 0. The molecule has 0 radical (unpaired) electrons. The highest BCUT2D eigenvalue weighted by Crippen LogP contribution is 2.24. The second-order valence-electron chi connectivity index (χ2n) is 3.92. The average molecular weight is 174 g/mol. The summed E-state index contributed by atoms with van der Waals surface area (Å²) in [4.78, 5) is 0. The Morgan fingerprint density at radius 3 is 2.27 bits per heavy atom. The molecule has 0 aromatic heterocycles. The summed E-state index contributed by atoms with van der Waals surface area (Å²) in [6, 6.07) is 0. The van der Waals surface area contributed by atoms with Crippen LogP contribution in [0.3, 0.4) is 0 Å². The number of rotatable bonds is 3.